The Balaban J connectivity index is 1.69. The summed E-state index contributed by atoms with van der Waals surface area (Å²) in [5.74, 6) is 0.375. The van der Waals surface area contributed by atoms with Crippen LogP contribution < -0.4 is 0 Å². The molecule has 2 fully saturated rings. The molecule has 2 aliphatic heterocycles. The van der Waals surface area contributed by atoms with Crippen molar-refractivity contribution in [3.05, 3.63) is 35.9 Å². The molecule has 0 saturated carbocycles. The van der Waals surface area contributed by atoms with Crippen molar-refractivity contribution in [2.45, 2.75) is 32.2 Å². The largest absolute Gasteiger partial charge is 0.338 e. The highest BCUT2D eigenvalue weighted by atomic mass is 16.2. The first-order valence-corrected chi connectivity index (χ1v) is 7.94. The average molecular weight is 273 g/mol. The van der Waals surface area contributed by atoms with Crippen LogP contribution >= 0.6 is 0 Å². The molecule has 1 amide bonds. The molecule has 0 unspecified atom stereocenters. The Morgan fingerprint density at radius 2 is 1.65 bits per heavy atom. The van der Waals surface area contributed by atoms with Gasteiger partial charge in [0.05, 0.1) is 13.1 Å². The van der Waals surface area contributed by atoms with Gasteiger partial charge in [-0.1, -0.05) is 30.3 Å². The van der Waals surface area contributed by atoms with E-state index in [1.165, 1.54) is 31.2 Å². The third kappa shape index (κ3) is 3.04. The van der Waals surface area contributed by atoms with Crippen molar-refractivity contribution >= 4 is 5.91 Å². The van der Waals surface area contributed by atoms with Crippen molar-refractivity contribution < 1.29 is 9.28 Å². The predicted molar refractivity (Wildman–Crippen MR) is 80.1 cm³/mol. The fourth-order valence-electron chi connectivity index (χ4n) is 3.70. The standard InChI is InChI=1S/C17H25N2O/c20-17(18-10-4-5-11-18)15-19(12-6-7-13-19)14-16-8-2-1-3-9-16/h1-3,8-9H,4-7,10-15H2/q+1. The summed E-state index contributed by atoms with van der Waals surface area (Å²) >= 11 is 0. The first kappa shape index (κ1) is 13.6. The minimum absolute atomic E-state index is 0.375. The van der Waals surface area contributed by atoms with E-state index in [-0.39, 0.29) is 0 Å². The highest BCUT2D eigenvalue weighted by Crippen LogP contribution is 2.24. The monoisotopic (exact) mass is 273 g/mol. The van der Waals surface area contributed by atoms with E-state index in [0.29, 0.717) is 12.5 Å². The molecule has 0 aliphatic carbocycles. The van der Waals surface area contributed by atoms with Crippen LogP contribution in [0.4, 0.5) is 0 Å². The first-order chi connectivity index (χ1) is 9.77. The third-order valence-corrected chi connectivity index (χ3v) is 4.81. The summed E-state index contributed by atoms with van der Waals surface area (Å²) in [6.07, 6.45) is 4.90. The number of quaternary nitrogens is 1. The summed E-state index contributed by atoms with van der Waals surface area (Å²) in [4.78, 5) is 14.6. The maximum atomic E-state index is 12.5. The van der Waals surface area contributed by atoms with E-state index in [2.05, 4.69) is 35.2 Å². The topological polar surface area (TPSA) is 20.3 Å². The van der Waals surface area contributed by atoms with Gasteiger partial charge in [-0.2, -0.15) is 0 Å². The average Bonchev–Trinajstić information content (AvgIpc) is 3.11. The second kappa shape index (κ2) is 5.96. The molecule has 0 aromatic heterocycles. The van der Waals surface area contributed by atoms with Gasteiger partial charge in [-0.15, -0.1) is 0 Å². The maximum absolute atomic E-state index is 12.5. The molecule has 0 radical (unpaired) electrons. The molecular formula is C17H25N2O+. The van der Waals surface area contributed by atoms with Gasteiger partial charge in [-0.3, -0.25) is 4.79 Å². The lowest BCUT2D eigenvalue weighted by atomic mass is 10.2. The van der Waals surface area contributed by atoms with Gasteiger partial charge < -0.3 is 9.38 Å². The number of benzene rings is 1. The highest BCUT2D eigenvalue weighted by Gasteiger charge is 2.36. The zero-order chi connectivity index (χ0) is 13.8. The van der Waals surface area contributed by atoms with E-state index in [1.807, 2.05) is 0 Å². The summed E-state index contributed by atoms with van der Waals surface area (Å²) in [6.45, 7) is 5.99. The number of hydrogen-bond donors (Lipinski definition) is 0. The normalized spacial score (nSPS) is 21.3. The minimum atomic E-state index is 0.375. The molecule has 2 saturated heterocycles. The fraction of sp³-hybridized carbons (Fsp3) is 0.588. The Hall–Kier alpha value is -1.35. The molecule has 0 spiro atoms. The molecule has 20 heavy (non-hydrogen) atoms. The number of carbonyl (C=O) groups is 1. The van der Waals surface area contributed by atoms with Gasteiger partial charge in [0.2, 0.25) is 0 Å². The second-order valence-corrected chi connectivity index (χ2v) is 6.39. The molecule has 0 N–H and O–H groups in total. The minimum Gasteiger partial charge on any atom is -0.338 e. The molecule has 3 rings (SSSR count). The smallest absolute Gasteiger partial charge is 0.277 e. The summed E-state index contributed by atoms with van der Waals surface area (Å²) < 4.78 is 0.972. The van der Waals surface area contributed by atoms with Crippen LogP contribution in [0.1, 0.15) is 31.2 Å². The van der Waals surface area contributed by atoms with Crippen LogP contribution in [-0.2, 0) is 11.3 Å². The van der Waals surface area contributed by atoms with Crippen LogP contribution in [0.2, 0.25) is 0 Å². The quantitative estimate of drug-likeness (QED) is 0.772. The van der Waals surface area contributed by atoms with Gasteiger partial charge >= 0.3 is 0 Å². The summed E-state index contributed by atoms with van der Waals surface area (Å²) in [5, 5.41) is 0. The number of nitrogens with zero attached hydrogens (tertiary/aromatic N) is 2. The number of rotatable bonds is 4. The zero-order valence-electron chi connectivity index (χ0n) is 12.3. The lowest BCUT2D eigenvalue weighted by Crippen LogP contribution is -2.51. The van der Waals surface area contributed by atoms with Crippen LogP contribution in [0.5, 0.6) is 0 Å². The van der Waals surface area contributed by atoms with Gasteiger partial charge in [0, 0.05) is 31.5 Å². The number of hydrogen-bond acceptors (Lipinski definition) is 1. The Morgan fingerprint density at radius 1 is 1.00 bits per heavy atom. The van der Waals surface area contributed by atoms with Crippen molar-refractivity contribution in [1.29, 1.82) is 0 Å². The van der Waals surface area contributed by atoms with Crippen LogP contribution in [-0.4, -0.2) is 48.0 Å². The molecule has 1 aromatic carbocycles. The maximum Gasteiger partial charge on any atom is 0.277 e. The van der Waals surface area contributed by atoms with Crippen LogP contribution in [0.25, 0.3) is 0 Å². The molecule has 1 aromatic rings. The first-order valence-electron chi connectivity index (χ1n) is 7.94. The SMILES string of the molecule is O=C(C[N+]1(Cc2ccccc2)CCCC1)N1CCCC1. The van der Waals surface area contributed by atoms with E-state index in [4.69, 9.17) is 0 Å². The lowest BCUT2D eigenvalue weighted by Gasteiger charge is -2.35. The van der Waals surface area contributed by atoms with E-state index in [1.54, 1.807) is 0 Å². The number of carbonyl (C=O) groups excluding carboxylic acids is 1. The zero-order valence-corrected chi connectivity index (χ0v) is 12.3. The Morgan fingerprint density at radius 3 is 2.30 bits per heavy atom. The van der Waals surface area contributed by atoms with E-state index >= 15 is 0 Å². The predicted octanol–water partition coefficient (Wildman–Crippen LogP) is 2.42. The Labute approximate surface area is 121 Å². The van der Waals surface area contributed by atoms with Crippen LogP contribution in [0, 0.1) is 0 Å². The van der Waals surface area contributed by atoms with E-state index in [0.717, 1.165) is 37.2 Å². The fourth-order valence-corrected chi connectivity index (χ4v) is 3.70. The molecular weight excluding hydrogens is 248 g/mol. The van der Waals surface area contributed by atoms with Crippen molar-refractivity contribution in [3.63, 3.8) is 0 Å². The summed E-state index contributed by atoms with van der Waals surface area (Å²) in [7, 11) is 0. The molecule has 3 heteroatoms. The Bertz CT molecular complexity index is 445. The Kier molecular flexibility index (Phi) is 4.06. The molecule has 0 bridgehead atoms. The summed E-state index contributed by atoms with van der Waals surface area (Å²) in [5.41, 5.74) is 1.36. The molecule has 0 atom stereocenters. The number of amides is 1. The van der Waals surface area contributed by atoms with Crippen molar-refractivity contribution in [3.8, 4) is 0 Å². The van der Waals surface area contributed by atoms with Gasteiger partial charge in [-0.05, 0) is 12.8 Å². The summed E-state index contributed by atoms with van der Waals surface area (Å²) in [6, 6.07) is 10.7. The molecule has 3 nitrogen and oxygen atoms in total. The second-order valence-electron chi connectivity index (χ2n) is 6.39. The molecule has 2 aliphatic rings. The van der Waals surface area contributed by atoms with Gasteiger partial charge in [0.1, 0.15) is 6.54 Å². The van der Waals surface area contributed by atoms with Gasteiger partial charge in [0.15, 0.2) is 6.54 Å². The highest BCUT2D eigenvalue weighted by molar-refractivity contribution is 5.77. The van der Waals surface area contributed by atoms with Gasteiger partial charge in [0.25, 0.3) is 5.91 Å². The van der Waals surface area contributed by atoms with Crippen molar-refractivity contribution in [2.24, 2.45) is 0 Å². The van der Waals surface area contributed by atoms with Crippen LogP contribution in [0.3, 0.4) is 0 Å². The van der Waals surface area contributed by atoms with E-state index < -0.39 is 0 Å². The van der Waals surface area contributed by atoms with Gasteiger partial charge in [-0.25, -0.2) is 0 Å². The van der Waals surface area contributed by atoms with E-state index in [9.17, 15) is 4.79 Å². The third-order valence-electron chi connectivity index (χ3n) is 4.81. The molecule has 108 valence electrons. The molecule has 2 heterocycles. The number of likely N-dealkylation sites (tertiary alicyclic amines) is 2. The van der Waals surface area contributed by atoms with Crippen LogP contribution in [0.15, 0.2) is 30.3 Å². The van der Waals surface area contributed by atoms with Crippen molar-refractivity contribution in [2.75, 3.05) is 32.7 Å². The lowest BCUT2D eigenvalue weighted by molar-refractivity contribution is -0.922. The van der Waals surface area contributed by atoms with Crippen molar-refractivity contribution in [1.82, 2.24) is 4.90 Å².